The molecule has 1 aromatic rings. The third-order valence-corrected chi connectivity index (χ3v) is 2.76. The van der Waals surface area contributed by atoms with Crippen LogP contribution in [-0.4, -0.2) is 22.8 Å². The maximum absolute atomic E-state index is 5.52. The fourth-order valence-corrected chi connectivity index (χ4v) is 1.74. The van der Waals surface area contributed by atoms with Crippen molar-refractivity contribution >= 4 is 12.2 Å². The Kier molecular flexibility index (Phi) is 5.65. The zero-order valence-corrected chi connectivity index (χ0v) is 10.4. The van der Waals surface area contributed by atoms with Gasteiger partial charge in [0, 0.05) is 25.0 Å². The van der Waals surface area contributed by atoms with E-state index in [9.17, 15) is 0 Å². The quantitative estimate of drug-likeness (QED) is 0.574. The van der Waals surface area contributed by atoms with Crippen LogP contribution in [0.25, 0.3) is 0 Å². The lowest BCUT2D eigenvalue weighted by molar-refractivity contribution is 0.123. The third-order valence-electron chi connectivity index (χ3n) is 2.42. The molecule has 0 aromatic carbocycles. The Balaban J connectivity index is 2.36. The van der Waals surface area contributed by atoms with Crippen molar-refractivity contribution in [1.29, 1.82) is 0 Å². The molecule has 0 saturated heterocycles. The molecule has 0 radical (unpaired) electrons. The number of rotatable bonds is 7. The smallest absolute Gasteiger partial charge is 0.177 e. The Morgan fingerprint density at radius 1 is 1.40 bits per heavy atom. The molecule has 0 unspecified atom stereocenters. The van der Waals surface area contributed by atoms with Gasteiger partial charge >= 0.3 is 0 Å². The van der Waals surface area contributed by atoms with Gasteiger partial charge in [0.15, 0.2) is 4.77 Å². The first-order chi connectivity index (χ1) is 7.29. The molecule has 4 heteroatoms. The van der Waals surface area contributed by atoms with Crippen molar-refractivity contribution in [3.63, 3.8) is 0 Å². The molecule has 1 aromatic heterocycles. The molecule has 0 saturated carbocycles. The first kappa shape index (κ1) is 12.5. The van der Waals surface area contributed by atoms with Gasteiger partial charge in [0.2, 0.25) is 0 Å². The summed E-state index contributed by atoms with van der Waals surface area (Å²) in [5, 5.41) is 0. The molecule has 3 nitrogen and oxygen atoms in total. The SMILES string of the molecule is CCCCOCCn1c(CC)c[nH]c1=S. The van der Waals surface area contributed by atoms with Gasteiger partial charge in [-0.2, -0.15) is 0 Å². The second-order valence-electron chi connectivity index (χ2n) is 3.56. The van der Waals surface area contributed by atoms with Crippen LogP contribution in [-0.2, 0) is 17.7 Å². The summed E-state index contributed by atoms with van der Waals surface area (Å²) in [6.45, 7) is 6.76. The molecular formula is C11H20N2OS. The Hall–Kier alpha value is -0.610. The largest absolute Gasteiger partial charge is 0.380 e. The highest BCUT2D eigenvalue weighted by Gasteiger charge is 2.00. The molecule has 1 rings (SSSR count). The molecule has 0 aliphatic rings. The minimum Gasteiger partial charge on any atom is -0.380 e. The maximum atomic E-state index is 5.52. The van der Waals surface area contributed by atoms with Gasteiger partial charge in [0.1, 0.15) is 0 Å². The van der Waals surface area contributed by atoms with E-state index in [1.165, 1.54) is 12.1 Å². The van der Waals surface area contributed by atoms with Gasteiger partial charge in [0.25, 0.3) is 0 Å². The first-order valence-electron chi connectivity index (χ1n) is 5.64. The summed E-state index contributed by atoms with van der Waals surface area (Å²) in [6.07, 6.45) is 5.31. The summed E-state index contributed by atoms with van der Waals surface area (Å²) in [4.78, 5) is 3.06. The summed E-state index contributed by atoms with van der Waals surface area (Å²) in [5.41, 5.74) is 1.25. The van der Waals surface area contributed by atoms with E-state index in [4.69, 9.17) is 17.0 Å². The molecule has 15 heavy (non-hydrogen) atoms. The third kappa shape index (κ3) is 3.80. The van der Waals surface area contributed by atoms with Gasteiger partial charge in [-0.25, -0.2) is 0 Å². The van der Waals surface area contributed by atoms with E-state index in [0.29, 0.717) is 0 Å². The highest BCUT2D eigenvalue weighted by Crippen LogP contribution is 2.02. The van der Waals surface area contributed by atoms with Crippen LogP contribution in [0.3, 0.4) is 0 Å². The number of hydrogen-bond acceptors (Lipinski definition) is 2. The lowest BCUT2D eigenvalue weighted by Crippen LogP contribution is -2.09. The van der Waals surface area contributed by atoms with E-state index in [-0.39, 0.29) is 0 Å². The van der Waals surface area contributed by atoms with Gasteiger partial charge < -0.3 is 14.3 Å². The van der Waals surface area contributed by atoms with E-state index >= 15 is 0 Å². The van der Waals surface area contributed by atoms with Crippen molar-refractivity contribution in [1.82, 2.24) is 9.55 Å². The summed E-state index contributed by atoms with van der Waals surface area (Å²) < 4.78 is 8.43. The standard InChI is InChI=1S/C11H20N2OS/c1-3-5-7-14-8-6-13-10(4-2)9-12-11(13)15/h9H,3-8H2,1-2H3,(H,12,15). The van der Waals surface area contributed by atoms with Crippen LogP contribution in [0.4, 0.5) is 0 Å². The predicted molar refractivity (Wildman–Crippen MR) is 64.7 cm³/mol. The number of aromatic amines is 1. The number of ether oxygens (including phenoxy) is 1. The van der Waals surface area contributed by atoms with Crippen molar-refractivity contribution in [3.05, 3.63) is 16.7 Å². The van der Waals surface area contributed by atoms with Gasteiger partial charge in [0.05, 0.1) is 6.61 Å². The first-order valence-corrected chi connectivity index (χ1v) is 6.05. The minimum absolute atomic E-state index is 0.749. The second kappa shape index (κ2) is 6.80. The average Bonchev–Trinajstić information content (AvgIpc) is 2.60. The van der Waals surface area contributed by atoms with Crippen LogP contribution in [0.1, 0.15) is 32.4 Å². The molecule has 0 aliphatic carbocycles. The van der Waals surface area contributed by atoms with E-state index in [0.717, 1.165) is 37.4 Å². The minimum atomic E-state index is 0.749. The van der Waals surface area contributed by atoms with Crippen LogP contribution in [0.15, 0.2) is 6.20 Å². The van der Waals surface area contributed by atoms with Crippen molar-refractivity contribution in [3.8, 4) is 0 Å². The normalized spacial score (nSPS) is 10.8. The molecular weight excluding hydrogens is 208 g/mol. The van der Waals surface area contributed by atoms with Crippen LogP contribution in [0, 0.1) is 4.77 Å². The number of H-pyrrole nitrogens is 1. The van der Waals surface area contributed by atoms with Gasteiger partial charge in [-0.3, -0.25) is 0 Å². The fraction of sp³-hybridized carbons (Fsp3) is 0.727. The predicted octanol–water partition coefficient (Wildman–Crippen LogP) is 2.92. The summed E-state index contributed by atoms with van der Waals surface area (Å²) in [5.74, 6) is 0. The molecule has 0 amide bonds. The topological polar surface area (TPSA) is 29.9 Å². The average molecular weight is 228 g/mol. The van der Waals surface area contributed by atoms with Gasteiger partial charge in [-0.05, 0) is 25.1 Å². The molecule has 0 aliphatic heterocycles. The summed E-state index contributed by atoms with van der Waals surface area (Å²) in [6, 6.07) is 0. The molecule has 1 N–H and O–H groups in total. The number of aryl methyl sites for hydroxylation is 1. The molecule has 0 spiro atoms. The summed E-state index contributed by atoms with van der Waals surface area (Å²) >= 11 is 5.19. The zero-order valence-electron chi connectivity index (χ0n) is 9.58. The molecule has 86 valence electrons. The van der Waals surface area contributed by atoms with Crippen molar-refractivity contribution < 1.29 is 4.74 Å². The molecule has 1 heterocycles. The molecule has 0 atom stereocenters. The molecule has 0 bridgehead atoms. The van der Waals surface area contributed by atoms with E-state index < -0.39 is 0 Å². The maximum Gasteiger partial charge on any atom is 0.177 e. The van der Waals surface area contributed by atoms with E-state index in [1.807, 2.05) is 6.20 Å². The lowest BCUT2D eigenvalue weighted by atomic mass is 10.3. The fourth-order valence-electron chi connectivity index (χ4n) is 1.47. The van der Waals surface area contributed by atoms with Crippen molar-refractivity contribution in [2.75, 3.05) is 13.2 Å². The highest BCUT2D eigenvalue weighted by atomic mass is 32.1. The number of unbranched alkanes of at least 4 members (excludes halogenated alkanes) is 1. The number of aromatic nitrogens is 2. The Morgan fingerprint density at radius 2 is 2.20 bits per heavy atom. The Bertz CT molecular complexity index is 330. The van der Waals surface area contributed by atoms with Crippen LogP contribution in [0.2, 0.25) is 0 Å². The lowest BCUT2D eigenvalue weighted by Gasteiger charge is -2.07. The monoisotopic (exact) mass is 228 g/mol. The van der Waals surface area contributed by atoms with Crippen molar-refractivity contribution in [2.24, 2.45) is 0 Å². The second-order valence-corrected chi connectivity index (χ2v) is 3.94. The zero-order chi connectivity index (χ0) is 11.1. The van der Waals surface area contributed by atoms with Gasteiger partial charge in [-0.1, -0.05) is 20.3 Å². The number of nitrogens with one attached hydrogen (secondary N) is 1. The number of hydrogen-bond donors (Lipinski definition) is 1. The van der Waals surface area contributed by atoms with E-state index in [1.54, 1.807) is 0 Å². The highest BCUT2D eigenvalue weighted by molar-refractivity contribution is 7.71. The summed E-state index contributed by atoms with van der Waals surface area (Å²) in [7, 11) is 0. The number of imidazole rings is 1. The van der Waals surface area contributed by atoms with Crippen molar-refractivity contribution in [2.45, 2.75) is 39.7 Å². The Morgan fingerprint density at radius 3 is 2.87 bits per heavy atom. The van der Waals surface area contributed by atoms with Crippen LogP contribution in [0.5, 0.6) is 0 Å². The van der Waals surface area contributed by atoms with Crippen LogP contribution < -0.4 is 0 Å². The Labute approximate surface area is 96.5 Å². The van der Waals surface area contributed by atoms with Crippen LogP contribution >= 0.6 is 12.2 Å². The van der Waals surface area contributed by atoms with Gasteiger partial charge in [-0.15, -0.1) is 0 Å². The molecule has 0 fully saturated rings. The number of nitrogens with zero attached hydrogens (tertiary/aromatic N) is 1. The van der Waals surface area contributed by atoms with E-state index in [2.05, 4.69) is 23.4 Å².